The molecule has 0 atom stereocenters. The van der Waals surface area contributed by atoms with Crippen molar-refractivity contribution in [1.29, 1.82) is 0 Å². The molecule has 3 aromatic rings. The molecule has 132 valence electrons. The van der Waals surface area contributed by atoms with Gasteiger partial charge in [0.1, 0.15) is 0 Å². The highest BCUT2D eigenvalue weighted by molar-refractivity contribution is 6.02. The van der Waals surface area contributed by atoms with Crippen molar-refractivity contribution >= 4 is 5.97 Å². The third kappa shape index (κ3) is 2.45. The van der Waals surface area contributed by atoms with E-state index < -0.39 is 0 Å². The molecule has 0 amide bonds. The quantitative estimate of drug-likeness (QED) is 0.663. The highest BCUT2D eigenvalue weighted by atomic mass is 16.5. The molecular weight excluding hydrogens is 324 g/mol. The largest absolute Gasteiger partial charge is 0.462 e. The summed E-state index contributed by atoms with van der Waals surface area (Å²) in [7, 11) is 2.04. The van der Waals surface area contributed by atoms with Crippen LogP contribution in [0, 0.1) is 6.92 Å². The Morgan fingerprint density at radius 3 is 2.73 bits per heavy atom. The minimum absolute atomic E-state index is 0.236. The molecule has 1 aliphatic rings. The summed E-state index contributed by atoms with van der Waals surface area (Å²) >= 11 is 0. The average molecular weight is 346 g/mol. The van der Waals surface area contributed by atoms with Crippen molar-refractivity contribution in [3.8, 4) is 22.5 Å². The Labute approximate surface area is 153 Å². The number of aromatic nitrogens is 2. The summed E-state index contributed by atoms with van der Waals surface area (Å²) in [5, 5.41) is 0. The number of ether oxygens (including phenoxy) is 1. The highest BCUT2D eigenvalue weighted by Crippen LogP contribution is 2.42. The number of esters is 1. The summed E-state index contributed by atoms with van der Waals surface area (Å²) in [6, 6.07) is 10.2. The number of aryl methyl sites for hydroxylation is 2. The molecular formula is C22H22N2O2. The summed E-state index contributed by atoms with van der Waals surface area (Å²) in [5.41, 5.74) is 8.45. The van der Waals surface area contributed by atoms with E-state index in [1.165, 1.54) is 5.56 Å². The van der Waals surface area contributed by atoms with E-state index in [4.69, 9.17) is 4.74 Å². The molecule has 1 aliphatic carbocycles. The highest BCUT2D eigenvalue weighted by Gasteiger charge is 2.31. The molecule has 0 radical (unpaired) electrons. The lowest BCUT2D eigenvalue weighted by atomic mass is 9.89. The van der Waals surface area contributed by atoms with Crippen LogP contribution in [0.2, 0.25) is 0 Å². The van der Waals surface area contributed by atoms with E-state index >= 15 is 0 Å². The summed E-state index contributed by atoms with van der Waals surface area (Å²) in [5.74, 6) is -0.236. The maximum Gasteiger partial charge on any atom is 0.340 e. The molecule has 0 fully saturated rings. The third-order valence-electron chi connectivity index (χ3n) is 5.18. The fourth-order valence-corrected chi connectivity index (χ4v) is 4.02. The average Bonchev–Trinajstić information content (AvgIpc) is 2.95. The zero-order chi connectivity index (χ0) is 18.3. The SMILES string of the molecule is CCOC(=O)c1c2c(n(C)c1-c1ccccc1C)-c1ccncc1CC2. The molecule has 0 unspecified atom stereocenters. The molecule has 1 aromatic carbocycles. The van der Waals surface area contributed by atoms with Gasteiger partial charge in [0.25, 0.3) is 0 Å². The molecule has 0 saturated carbocycles. The Hall–Kier alpha value is -2.88. The van der Waals surface area contributed by atoms with Gasteiger partial charge in [-0.05, 0) is 49.4 Å². The fraction of sp³-hybridized carbons (Fsp3) is 0.273. The molecule has 2 aromatic heterocycles. The molecule has 2 heterocycles. The Morgan fingerprint density at radius 1 is 1.15 bits per heavy atom. The summed E-state index contributed by atoms with van der Waals surface area (Å²) in [6.45, 7) is 4.30. The van der Waals surface area contributed by atoms with Crippen LogP contribution in [0.5, 0.6) is 0 Å². The van der Waals surface area contributed by atoms with Crippen LogP contribution >= 0.6 is 0 Å². The van der Waals surface area contributed by atoms with E-state index in [9.17, 15) is 4.79 Å². The predicted octanol–water partition coefficient (Wildman–Crippen LogP) is 4.34. The lowest BCUT2D eigenvalue weighted by Crippen LogP contribution is -2.11. The number of carbonyl (C=O) groups is 1. The van der Waals surface area contributed by atoms with Gasteiger partial charge in [0.2, 0.25) is 0 Å². The normalized spacial score (nSPS) is 12.4. The van der Waals surface area contributed by atoms with Crippen LogP contribution in [-0.4, -0.2) is 22.1 Å². The molecule has 4 nitrogen and oxygen atoms in total. The van der Waals surface area contributed by atoms with Gasteiger partial charge in [-0.3, -0.25) is 4.98 Å². The van der Waals surface area contributed by atoms with Crippen LogP contribution in [0.15, 0.2) is 42.7 Å². The van der Waals surface area contributed by atoms with Crippen LogP contribution in [0.25, 0.3) is 22.5 Å². The van der Waals surface area contributed by atoms with E-state index in [2.05, 4.69) is 28.6 Å². The van der Waals surface area contributed by atoms with E-state index in [1.54, 1.807) is 0 Å². The second-order valence-corrected chi connectivity index (χ2v) is 6.68. The van der Waals surface area contributed by atoms with Crippen molar-refractivity contribution in [3.05, 3.63) is 65.0 Å². The number of hydrogen-bond acceptors (Lipinski definition) is 3. The molecule has 0 spiro atoms. The zero-order valence-electron chi connectivity index (χ0n) is 15.4. The van der Waals surface area contributed by atoms with Gasteiger partial charge in [0.15, 0.2) is 0 Å². The van der Waals surface area contributed by atoms with Gasteiger partial charge in [0.05, 0.1) is 23.6 Å². The van der Waals surface area contributed by atoms with Crippen molar-refractivity contribution in [2.75, 3.05) is 6.61 Å². The molecule has 0 saturated heterocycles. The van der Waals surface area contributed by atoms with Crippen molar-refractivity contribution in [1.82, 2.24) is 9.55 Å². The minimum Gasteiger partial charge on any atom is -0.462 e. The molecule has 4 heteroatoms. The number of benzene rings is 1. The van der Waals surface area contributed by atoms with E-state index in [0.29, 0.717) is 12.2 Å². The number of fused-ring (bicyclic) bond motifs is 3. The van der Waals surface area contributed by atoms with Crippen LogP contribution in [0.3, 0.4) is 0 Å². The molecule has 0 N–H and O–H groups in total. The smallest absolute Gasteiger partial charge is 0.340 e. The number of carbonyl (C=O) groups excluding carboxylic acids is 1. The standard InChI is InChI=1S/C22H22N2O2/c1-4-26-22(25)19-18-10-9-15-13-23-12-11-17(15)20(18)24(3)21(19)16-8-6-5-7-14(16)2/h5-8,11-13H,4,9-10H2,1-3H3. The van der Waals surface area contributed by atoms with Gasteiger partial charge >= 0.3 is 5.97 Å². The first-order chi connectivity index (χ1) is 12.6. The van der Waals surface area contributed by atoms with Crippen molar-refractivity contribution in [2.24, 2.45) is 7.05 Å². The van der Waals surface area contributed by atoms with Crippen LogP contribution in [0.1, 0.15) is 34.0 Å². The fourth-order valence-electron chi connectivity index (χ4n) is 4.02. The maximum absolute atomic E-state index is 12.9. The second-order valence-electron chi connectivity index (χ2n) is 6.68. The summed E-state index contributed by atoms with van der Waals surface area (Å²) in [4.78, 5) is 17.2. The van der Waals surface area contributed by atoms with Crippen molar-refractivity contribution in [2.45, 2.75) is 26.7 Å². The number of nitrogens with zero attached hydrogens (tertiary/aromatic N) is 2. The number of hydrogen-bond donors (Lipinski definition) is 0. The number of pyridine rings is 1. The lowest BCUT2D eigenvalue weighted by molar-refractivity contribution is 0.0526. The first-order valence-corrected chi connectivity index (χ1v) is 9.01. The lowest BCUT2D eigenvalue weighted by Gasteiger charge is -2.18. The number of rotatable bonds is 3. The monoisotopic (exact) mass is 346 g/mol. The first kappa shape index (κ1) is 16.6. The van der Waals surface area contributed by atoms with Crippen LogP contribution in [0.4, 0.5) is 0 Å². The predicted molar refractivity (Wildman–Crippen MR) is 102 cm³/mol. The minimum atomic E-state index is -0.236. The topological polar surface area (TPSA) is 44.1 Å². The summed E-state index contributed by atoms with van der Waals surface area (Å²) in [6.07, 6.45) is 5.46. The van der Waals surface area contributed by atoms with Crippen molar-refractivity contribution < 1.29 is 9.53 Å². The Morgan fingerprint density at radius 2 is 1.96 bits per heavy atom. The molecule has 26 heavy (non-hydrogen) atoms. The van der Waals surface area contributed by atoms with Crippen molar-refractivity contribution in [3.63, 3.8) is 0 Å². The molecule has 4 rings (SSSR count). The second kappa shape index (κ2) is 6.45. The molecule has 0 aliphatic heterocycles. The Balaban J connectivity index is 2.05. The van der Waals surface area contributed by atoms with Gasteiger partial charge < -0.3 is 9.30 Å². The summed E-state index contributed by atoms with van der Waals surface area (Å²) < 4.78 is 7.59. The van der Waals surface area contributed by atoms with E-state index in [1.807, 2.05) is 44.6 Å². The van der Waals surface area contributed by atoms with Gasteiger partial charge in [-0.25, -0.2) is 4.79 Å². The first-order valence-electron chi connectivity index (χ1n) is 9.01. The van der Waals surface area contributed by atoms with Crippen LogP contribution in [-0.2, 0) is 24.6 Å². The van der Waals surface area contributed by atoms with Crippen LogP contribution < -0.4 is 0 Å². The van der Waals surface area contributed by atoms with Gasteiger partial charge in [0, 0.05) is 30.6 Å². The zero-order valence-corrected chi connectivity index (χ0v) is 15.4. The Bertz CT molecular complexity index is 1000. The third-order valence-corrected chi connectivity index (χ3v) is 5.18. The van der Waals surface area contributed by atoms with Gasteiger partial charge in [-0.2, -0.15) is 0 Å². The maximum atomic E-state index is 12.9. The van der Waals surface area contributed by atoms with E-state index in [-0.39, 0.29) is 5.97 Å². The van der Waals surface area contributed by atoms with Gasteiger partial charge in [-0.15, -0.1) is 0 Å². The molecule has 0 bridgehead atoms. The van der Waals surface area contributed by atoms with E-state index in [0.717, 1.165) is 46.5 Å². The van der Waals surface area contributed by atoms with Gasteiger partial charge in [-0.1, -0.05) is 24.3 Å². The Kier molecular flexibility index (Phi) is 4.11.